The summed E-state index contributed by atoms with van der Waals surface area (Å²) in [6.45, 7) is 6.36. The van der Waals surface area contributed by atoms with Gasteiger partial charge in [0.1, 0.15) is 0 Å². The Kier molecular flexibility index (Phi) is 5.86. The van der Waals surface area contributed by atoms with Gasteiger partial charge in [-0.3, -0.25) is 0 Å². The molecule has 4 heteroatoms. The molecule has 0 aromatic carbocycles. The van der Waals surface area contributed by atoms with Crippen LogP contribution in [0.3, 0.4) is 0 Å². The van der Waals surface area contributed by atoms with E-state index in [-0.39, 0.29) is 12.1 Å². The molecule has 17 heavy (non-hydrogen) atoms. The van der Waals surface area contributed by atoms with Gasteiger partial charge in [0.05, 0.1) is 12.7 Å². The maximum Gasteiger partial charge on any atom is 0.0702 e. The van der Waals surface area contributed by atoms with Gasteiger partial charge >= 0.3 is 0 Å². The average molecular weight is 244 g/mol. The number of ether oxygens (including phenoxy) is 1. The van der Waals surface area contributed by atoms with E-state index < -0.39 is 0 Å². The van der Waals surface area contributed by atoms with E-state index in [1.807, 2.05) is 7.05 Å². The summed E-state index contributed by atoms with van der Waals surface area (Å²) in [6, 6.07) is 0.560. The third-order valence-electron chi connectivity index (χ3n) is 4.09. The van der Waals surface area contributed by atoms with Crippen LogP contribution < -0.4 is 5.32 Å². The van der Waals surface area contributed by atoms with Crippen molar-refractivity contribution in [1.29, 1.82) is 0 Å². The Balaban J connectivity index is 2.26. The second-order valence-corrected chi connectivity index (χ2v) is 5.48. The van der Waals surface area contributed by atoms with Crippen LogP contribution in [-0.2, 0) is 4.74 Å². The van der Waals surface area contributed by atoms with Gasteiger partial charge in [0.15, 0.2) is 0 Å². The smallest absolute Gasteiger partial charge is 0.0702 e. The third kappa shape index (κ3) is 4.21. The van der Waals surface area contributed by atoms with Crippen molar-refractivity contribution in [3.8, 4) is 0 Å². The van der Waals surface area contributed by atoms with Gasteiger partial charge in [0.25, 0.3) is 0 Å². The number of hydrogen-bond donors (Lipinski definition) is 2. The Morgan fingerprint density at radius 1 is 1.53 bits per heavy atom. The van der Waals surface area contributed by atoms with Gasteiger partial charge in [-0.05, 0) is 53.8 Å². The highest BCUT2D eigenvalue weighted by molar-refractivity contribution is 4.83. The van der Waals surface area contributed by atoms with Crippen molar-refractivity contribution in [1.82, 2.24) is 10.2 Å². The molecule has 0 aromatic heterocycles. The lowest BCUT2D eigenvalue weighted by Gasteiger charge is -2.30. The summed E-state index contributed by atoms with van der Waals surface area (Å²) in [5.41, 5.74) is -0.140. The van der Waals surface area contributed by atoms with E-state index >= 15 is 0 Å². The minimum Gasteiger partial charge on any atom is -0.394 e. The fourth-order valence-corrected chi connectivity index (χ4v) is 2.47. The van der Waals surface area contributed by atoms with E-state index in [0.717, 1.165) is 32.4 Å². The van der Waals surface area contributed by atoms with E-state index in [1.54, 1.807) is 0 Å². The molecule has 1 aliphatic heterocycles. The zero-order valence-electron chi connectivity index (χ0n) is 11.7. The van der Waals surface area contributed by atoms with Crippen molar-refractivity contribution in [2.75, 3.05) is 33.9 Å². The number of rotatable bonds is 7. The Bertz CT molecular complexity index is 219. The van der Waals surface area contributed by atoms with Gasteiger partial charge in [-0.25, -0.2) is 0 Å². The molecule has 0 spiro atoms. The lowest BCUT2D eigenvalue weighted by atomic mass is 9.97. The summed E-state index contributed by atoms with van der Waals surface area (Å²) < 4.78 is 5.58. The molecular formula is C13H28N2O2. The molecule has 0 amide bonds. The summed E-state index contributed by atoms with van der Waals surface area (Å²) in [5, 5.41) is 12.5. The summed E-state index contributed by atoms with van der Waals surface area (Å²) in [6.07, 6.45) is 3.58. The fourth-order valence-electron chi connectivity index (χ4n) is 2.47. The van der Waals surface area contributed by atoms with Gasteiger partial charge in [0.2, 0.25) is 0 Å². The normalized spacial score (nSPS) is 28.6. The molecule has 0 bridgehead atoms. The Morgan fingerprint density at radius 2 is 2.24 bits per heavy atom. The summed E-state index contributed by atoms with van der Waals surface area (Å²) in [7, 11) is 4.08. The summed E-state index contributed by atoms with van der Waals surface area (Å²) >= 11 is 0. The van der Waals surface area contributed by atoms with E-state index in [1.165, 1.54) is 0 Å². The van der Waals surface area contributed by atoms with Gasteiger partial charge in [-0.15, -0.1) is 0 Å². The lowest BCUT2D eigenvalue weighted by molar-refractivity contribution is 0.0813. The van der Waals surface area contributed by atoms with Crippen molar-refractivity contribution < 1.29 is 9.84 Å². The molecule has 1 rings (SSSR count). The highest BCUT2D eigenvalue weighted by atomic mass is 16.5. The summed E-state index contributed by atoms with van der Waals surface area (Å²) in [5.74, 6) is 0. The number of nitrogens with one attached hydrogen (secondary N) is 1. The maximum absolute atomic E-state index is 9.31. The van der Waals surface area contributed by atoms with E-state index in [9.17, 15) is 5.11 Å². The molecule has 0 radical (unpaired) electrons. The average Bonchev–Trinajstić information content (AvgIpc) is 2.75. The number of nitrogens with zero attached hydrogens (tertiary/aromatic N) is 1. The number of likely N-dealkylation sites (N-methyl/N-ethyl adjacent to an activating group) is 2. The zero-order valence-corrected chi connectivity index (χ0v) is 11.7. The van der Waals surface area contributed by atoms with Crippen LogP contribution in [-0.4, -0.2) is 61.5 Å². The molecule has 0 saturated carbocycles. The van der Waals surface area contributed by atoms with Crippen molar-refractivity contribution in [2.45, 2.75) is 50.8 Å². The van der Waals surface area contributed by atoms with Crippen LogP contribution in [0.25, 0.3) is 0 Å². The monoisotopic (exact) mass is 244 g/mol. The number of aliphatic hydroxyl groups excluding tert-OH is 1. The Morgan fingerprint density at radius 3 is 2.71 bits per heavy atom. The minimum absolute atomic E-state index is 0.140. The Labute approximate surface area is 105 Å². The predicted molar refractivity (Wildman–Crippen MR) is 70.2 cm³/mol. The van der Waals surface area contributed by atoms with Crippen LogP contribution in [0, 0.1) is 0 Å². The largest absolute Gasteiger partial charge is 0.394 e. The molecule has 1 saturated heterocycles. The van der Waals surface area contributed by atoms with Crippen molar-refractivity contribution in [3.05, 3.63) is 0 Å². The molecule has 4 nitrogen and oxygen atoms in total. The van der Waals surface area contributed by atoms with Crippen LogP contribution in [0.2, 0.25) is 0 Å². The van der Waals surface area contributed by atoms with Crippen LogP contribution in [0.5, 0.6) is 0 Å². The highest BCUT2D eigenvalue weighted by Crippen LogP contribution is 2.19. The number of hydrogen-bond acceptors (Lipinski definition) is 4. The van der Waals surface area contributed by atoms with Gasteiger partial charge in [0, 0.05) is 18.2 Å². The highest BCUT2D eigenvalue weighted by Gasteiger charge is 2.28. The minimum atomic E-state index is -0.140. The molecule has 1 fully saturated rings. The molecular weight excluding hydrogens is 216 g/mol. The first-order chi connectivity index (χ1) is 8.02. The van der Waals surface area contributed by atoms with Gasteiger partial charge in [-0.1, -0.05) is 0 Å². The topological polar surface area (TPSA) is 44.7 Å². The first kappa shape index (κ1) is 14.9. The van der Waals surface area contributed by atoms with Crippen molar-refractivity contribution in [3.63, 3.8) is 0 Å². The molecule has 3 atom stereocenters. The maximum atomic E-state index is 9.31. The van der Waals surface area contributed by atoms with Crippen LogP contribution in [0.15, 0.2) is 0 Å². The van der Waals surface area contributed by atoms with E-state index in [2.05, 4.69) is 31.1 Å². The van der Waals surface area contributed by atoms with Crippen LogP contribution in [0.1, 0.15) is 33.1 Å². The molecule has 1 aliphatic rings. The molecule has 3 unspecified atom stereocenters. The molecule has 2 N–H and O–H groups in total. The van der Waals surface area contributed by atoms with E-state index in [4.69, 9.17) is 4.74 Å². The molecule has 102 valence electrons. The SMILES string of the molecule is CNC(C)(CO)CCCN(C)C1CCOC1C. The van der Waals surface area contributed by atoms with Gasteiger partial charge < -0.3 is 20.1 Å². The molecule has 0 aromatic rings. The van der Waals surface area contributed by atoms with Crippen molar-refractivity contribution >= 4 is 0 Å². The van der Waals surface area contributed by atoms with Crippen molar-refractivity contribution in [2.24, 2.45) is 0 Å². The quantitative estimate of drug-likeness (QED) is 0.697. The number of aliphatic hydroxyl groups is 1. The Hall–Kier alpha value is -0.160. The lowest BCUT2D eigenvalue weighted by Crippen LogP contribution is -2.44. The second-order valence-electron chi connectivity index (χ2n) is 5.48. The van der Waals surface area contributed by atoms with Gasteiger partial charge in [-0.2, -0.15) is 0 Å². The first-order valence-corrected chi connectivity index (χ1v) is 6.64. The van der Waals surface area contributed by atoms with E-state index in [0.29, 0.717) is 12.1 Å². The fraction of sp³-hybridized carbons (Fsp3) is 1.00. The zero-order chi connectivity index (χ0) is 12.9. The standard InChI is InChI=1S/C13H28N2O2/c1-11-12(6-9-17-11)15(4)8-5-7-13(2,10-16)14-3/h11-12,14,16H,5-10H2,1-4H3. The molecule has 1 heterocycles. The molecule has 0 aliphatic carbocycles. The second kappa shape index (κ2) is 6.69. The summed E-state index contributed by atoms with van der Waals surface area (Å²) in [4.78, 5) is 2.39. The van der Waals surface area contributed by atoms with Crippen LogP contribution in [0.4, 0.5) is 0 Å². The predicted octanol–water partition coefficient (Wildman–Crippen LogP) is 0.846. The third-order valence-corrected chi connectivity index (χ3v) is 4.09. The first-order valence-electron chi connectivity index (χ1n) is 6.64. The van der Waals surface area contributed by atoms with Crippen LogP contribution >= 0.6 is 0 Å².